The maximum Gasteiger partial charge on any atom is 0.326 e. The summed E-state index contributed by atoms with van der Waals surface area (Å²) in [6.45, 7) is 17.7. The van der Waals surface area contributed by atoms with Gasteiger partial charge < -0.3 is 42.5 Å². The SMILES string of the molecule is CC(C)C[C@@H](NC(=O)[C@H](NC(=O)[C@@H](NC(=O)[C@H](N)C(C)C)C(C)C)C(C)C)C(=O)N[C@H](C(=O)N[C@@H](Cc1ccc(O)cc1)C(=O)O)C(C)C. The first-order valence-corrected chi connectivity index (χ1v) is 16.9. The number of amides is 5. The third-order valence-corrected chi connectivity index (χ3v) is 8.09. The number of carbonyl (C=O) groups is 6. The first-order chi connectivity index (χ1) is 22.7. The number of carboxylic acid groups (broad SMARTS) is 1. The van der Waals surface area contributed by atoms with Crippen molar-refractivity contribution < 1.29 is 39.0 Å². The molecule has 9 N–H and O–H groups in total. The Labute approximate surface area is 290 Å². The molecule has 1 rings (SSSR count). The number of nitrogens with one attached hydrogen (secondary N) is 5. The van der Waals surface area contributed by atoms with E-state index in [9.17, 15) is 39.0 Å². The molecule has 0 aromatic heterocycles. The maximum atomic E-state index is 13.6. The summed E-state index contributed by atoms with van der Waals surface area (Å²) in [5.41, 5.74) is 6.54. The van der Waals surface area contributed by atoms with Gasteiger partial charge >= 0.3 is 5.97 Å². The molecule has 0 heterocycles. The van der Waals surface area contributed by atoms with Gasteiger partial charge in [-0.15, -0.1) is 0 Å². The van der Waals surface area contributed by atoms with Crippen molar-refractivity contribution in [3.8, 4) is 5.75 Å². The lowest BCUT2D eigenvalue weighted by atomic mass is 9.97. The minimum atomic E-state index is -1.31. The largest absolute Gasteiger partial charge is 0.508 e. The number of phenols is 1. The number of aliphatic carboxylic acids is 1. The molecule has 0 unspecified atom stereocenters. The van der Waals surface area contributed by atoms with Gasteiger partial charge in [-0.2, -0.15) is 0 Å². The Kier molecular flexibility index (Phi) is 17.2. The van der Waals surface area contributed by atoms with E-state index in [1.54, 1.807) is 67.5 Å². The van der Waals surface area contributed by atoms with Crippen molar-refractivity contribution >= 4 is 35.5 Å². The number of rotatable bonds is 19. The van der Waals surface area contributed by atoms with E-state index < -0.39 is 83.6 Å². The van der Waals surface area contributed by atoms with Crippen LogP contribution in [0.3, 0.4) is 0 Å². The van der Waals surface area contributed by atoms with Gasteiger partial charge in [0.1, 0.15) is 36.0 Å². The number of carboxylic acids is 1. The van der Waals surface area contributed by atoms with Crippen LogP contribution in [0.2, 0.25) is 0 Å². The highest BCUT2D eigenvalue weighted by Gasteiger charge is 2.35. The second-order valence-electron chi connectivity index (χ2n) is 14.4. The summed E-state index contributed by atoms with van der Waals surface area (Å²) >= 11 is 0. The summed E-state index contributed by atoms with van der Waals surface area (Å²) in [6.07, 6.45) is 0.152. The van der Waals surface area contributed by atoms with Crippen molar-refractivity contribution in [2.45, 2.75) is 118 Å². The molecule has 6 atom stereocenters. The van der Waals surface area contributed by atoms with Crippen LogP contribution in [0, 0.1) is 29.6 Å². The van der Waals surface area contributed by atoms with Crippen LogP contribution in [-0.2, 0) is 35.2 Å². The van der Waals surface area contributed by atoms with E-state index in [0.29, 0.717) is 5.56 Å². The van der Waals surface area contributed by atoms with Crippen LogP contribution in [-0.4, -0.2) is 82.0 Å². The molecule has 0 radical (unpaired) electrons. The maximum absolute atomic E-state index is 13.6. The number of nitrogens with two attached hydrogens (primary N) is 1. The summed E-state index contributed by atoms with van der Waals surface area (Å²) in [7, 11) is 0. The second-order valence-corrected chi connectivity index (χ2v) is 14.4. The molecule has 0 aliphatic heterocycles. The van der Waals surface area contributed by atoms with Crippen molar-refractivity contribution in [2.24, 2.45) is 35.3 Å². The first kappa shape index (κ1) is 42.8. The molecule has 0 aliphatic rings. The van der Waals surface area contributed by atoms with E-state index in [4.69, 9.17) is 5.73 Å². The van der Waals surface area contributed by atoms with Crippen molar-refractivity contribution in [2.75, 3.05) is 0 Å². The van der Waals surface area contributed by atoms with Crippen molar-refractivity contribution in [1.82, 2.24) is 26.6 Å². The monoisotopic (exact) mass is 690 g/mol. The van der Waals surface area contributed by atoms with Crippen molar-refractivity contribution in [3.63, 3.8) is 0 Å². The fourth-order valence-electron chi connectivity index (χ4n) is 4.95. The predicted molar refractivity (Wildman–Crippen MR) is 186 cm³/mol. The molecule has 0 aliphatic carbocycles. The smallest absolute Gasteiger partial charge is 0.326 e. The summed E-state index contributed by atoms with van der Waals surface area (Å²) in [5, 5.41) is 32.7. The molecule has 0 saturated heterocycles. The van der Waals surface area contributed by atoms with Crippen LogP contribution in [0.4, 0.5) is 0 Å². The summed E-state index contributed by atoms with van der Waals surface area (Å²) in [5.74, 6) is -5.67. The number of hydrogen-bond acceptors (Lipinski definition) is 8. The van der Waals surface area contributed by atoms with E-state index in [-0.39, 0.29) is 36.3 Å². The van der Waals surface area contributed by atoms with Crippen LogP contribution in [0.15, 0.2) is 24.3 Å². The molecule has 0 saturated carbocycles. The Bertz CT molecular complexity index is 1280. The van der Waals surface area contributed by atoms with Gasteiger partial charge in [0.05, 0.1) is 6.04 Å². The minimum absolute atomic E-state index is 0.0166. The van der Waals surface area contributed by atoms with Gasteiger partial charge in [0.15, 0.2) is 0 Å². The Morgan fingerprint density at radius 1 is 0.571 bits per heavy atom. The van der Waals surface area contributed by atoms with E-state index in [1.807, 2.05) is 13.8 Å². The zero-order chi connectivity index (χ0) is 37.7. The van der Waals surface area contributed by atoms with E-state index in [2.05, 4.69) is 26.6 Å². The molecule has 0 fully saturated rings. The zero-order valence-corrected chi connectivity index (χ0v) is 30.5. The molecule has 49 heavy (non-hydrogen) atoms. The van der Waals surface area contributed by atoms with Crippen LogP contribution in [0.5, 0.6) is 5.75 Å². The molecule has 0 spiro atoms. The number of carbonyl (C=O) groups excluding carboxylic acids is 5. The Hall–Kier alpha value is -4.20. The Morgan fingerprint density at radius 2 is 0.959 bits per heavy atom. The topological polar surface area (TPSA) is 229 Å². The van der Waals surface area contributed by atoms with Crippen LogP contribution in [0.1, 0.15) is 81.2 Å². The summed E-state index contributed by atoms with van der Waals surface area (Å²) < 4.78 is 0. The van der Waals surface area contributed by atoms with Crippen LogP contribution < -0.4 is 32.3 Å². The van der Waals surface area contributed by atoms with Gasteiger partial charge in [-0.3, -0.25) is 24.0 Å². The lowest BCUT2D eigenvalue weighted by molar-refractivity contribution is -0.142. The fraction of sp³-hybridized carbons (Fsp3) is 0.657. The zero-order valence-electron chi connectivity index (χ0n) is 30.5. The number of hydrogen-bond donors (Lipinski definition) is 8. The second kappa shape index (κ2) is 19.7. The van der Waals surface area contributed by atoms with Gasteiger partial charge in [-0.05, 0) is 53.7 Å². The molecule has 1 aromatic carbocycles. The average molecular weight is 691 g/mol. The summed E-state index contributed by atoms with van der Waals surface area (Å²) in [6, 6.07) is -0.449. The van der Waals surface area contributed by atoms with Gasteiger partial charge in [0.2, 0.25) is 29.5 Å². The molecular formula is C35H58N6O8. The summed E-state index contributed by atoms with van der Waals surface area (Å²) in [4.78, 5) is 78.6. The normalized spacial score (nSPS) is 15.3. The van der Waals surface area contributed by atoms with Gasteiger partial charge in [-0.1, -0.05) is 81.4 Å². The quantitative estimate of drug-likeness (QED) is 0.105. The molecule has 14 heteroatoms. The lowest BCUT2D eigenvalue weighted by Gasteiger charge is -2.30. The molecule has 5 amide bonds. The van der Waals surface area contributed by atoms with Crippen LogP contribution in [0.25, 0.3) is 0 Å². The number of aromatic hydroxyl groups is 1. The molecule has 0 bridgehead atoms. The third-order valence-electron chi connectivity index (χ3n) is 8.09. The highest BCUT2D eigenvalue weighted by atomic mass is 16.4. The van der Waals surface area contributed by atoms with E-state index >= 15 is 0 Å². The number of benzene rings is 1. The van der Waals surface area contributed by atoms with E-state index in [1.165, 1.54) is 12.1 Å². The van der Waals surface area contributed by atoms with Gasteiger partial charge in [-0.25, -0.2) is 4.79 Å². The number of phenolic OH excluding ortho intramolecular Hbond substituents is 1. The fourth-order valence-corrected chi connectivity index (χ4v) is 4.95. The minimum Gasteiger partial charge on any atom is -0.508 e. The van der Waals surface area contributed by atoms with E-state index in [0.717, 1.165) is 0 Å². The Morgan fingerprint density at radius 3 is 1.35 bits per heavy atom. The van der Waals surface area contributed by atoms with Crippen LogP contribution >= 0.6 is 0 Å². The molecule has 276 valence electrons. The highest BCUT2D eigenvalue weighted by molar-refractivity contribution is 5.96. The predicted octanol–water partition coefficient (Wildman–Crippen LogP) is 1.44. The highest BCUT2D eigenvalue weighted by Crippen LogP contribution is 2.14. The average Bonchev–Trinajstić information content (AvgIpc) is 2.99. The molecular weight excluding hydrogens is 632 g/mol. The standard InChI is InChI=1S/C35H58N6O8/c1-17(2)15-24(37-32(45)28(20(7)8)41-34(47)29(21(9)10)40-31(44)26(36)18(3)4)30(43)39-27(19(5)6)33(46)38-25(35(48)49)16-22-11-13-23(42)14-12-22/h11-14,17-21,24-29,42H,15-16,36H2,1-10H3,(H,37,45)(H,38,46)(H,39,43)(H,40,44)(H,41,47)(H,48,49)/t24-,25+,26-,27+,28-,29+/m1/s1. The lowest BCUT2D eigenvalue weighted by Crippen LogP contribution is -2.61. The molecule has 14 nitrogen and oxygen atoms in total. The van der Waals surface area contributed by atoms with Crippen molar-refractivity contribution in [3.05, 3.63) is 29.8 Å². The van der Waals surface area contributed by atoms with Gasteiger partial charge in [0.25, 0.3) is 0 Å². The first-order valence-electron chi connectivity index (χ1n) is 16.9. The molecule has 1 aromatic rings. The Balaban J connectivity index is 3.15. The van der Waals surface area contributed by atoms with Crippen molar-refractivity contribution in [1.29, 1.82) is 0 Å². The van der Waals surface area contributed by atoms with Gasteiger partial charge in [0, 0.05) is 6.42 Å². The third kappa shape index (κ3) is 14.1.